The number of aromatic nitrogens is 2. The van der Waals surface area contributed by atoms with Gasteiger partial charge in [0.05, 0.1) is 5.69 Å². The molecule has 6 heteroatoms. The fraction of sp³-hybridized carbons (Fsp3) is 0.692. The topological polar surface area (TPSA) is 82.2 Å². The van der Waals surface area contributed by atoms with Crippen LogP contribution in [0.2, 0.25) is 0 Å². The van der Waals surface area contributed by atoms with E-state index < -0.39 is 0 Å². The van der Waals surface area contributed by atoms with Gasteiger partial charge in [-0.15, -0.1) is 0 Å². The number of anilines is 1. The van der Waals surface area contributed by atoms with Crippen LogP contribution in [0.25, 0.3) is 0 Å². The van der Waals surface area contributed by atoms with Crippen LogP contribution in [-0.2, 0) is 11.3 Å². The van der Waals surface area contributed by atoms with E-state index in [1.54, 1.807) is 10.9 Å². The van der Waals surface area contributed by atoms with Crippen molar-refractivity contribution in [2.24, 2.45) is 5.92 Å². The van der Waals surface area contributed by atoms with Gasteiger partial charge >= 0.3 is 0 Å². The monoisotopic (exact) mass is 266 g/mol. The normalized spacial score (nSPS) is 14.6. The molecule has 0 aromatic carbocycles. The molecule has 1 heterocycles. The van der Waals surface area contributed by atoms with E-state index in [1.807, 2.05) is 6.92 Å². The molecule has 1 aromatic rings. The Morgan fingerprint density at radius 2 is 2.42 bits per heavy atom. The second kappa shape index (κ2) is 6.56. The SMILES string of the molecule is CCn1cc(N)c(C(=O)NCCCOCC2CC2)n1. The van der Waals surface area contributed by atoms with Crippen molar-refractivity contribution in [3.8, 4) is 0 Å². The van der Waals surface area contributed by atoms with Gasteiger partial charge in [0.15, 0.2) is 5.69 Å². The van der Waals surface area contributed by atoms with E-state index in [9.17, 15) is 4.79 Å². The lowest BCUT2D eigenvalue weighted by Crippen LogP contribution is -2.26. The molecule has 1 aliphatic carbocycles. The van der Waals surface area contributed by atoms with Gasteiger partial charge in [0, 0.05) is 32.5 Å². The predicted molar refractivity (Wildman–Crippen MR) is 72.8 cm³/mol. The average Bonchev–Trinajstić information content (AvgIpc) is 3.14. The highest BCUT2D eigenvalue weighted by molar-refractivity contribution is 5.96. The minimum Gasteiger partial charge on any atom is -0.396 e. The average molecular weight is 266 g/mol. The summed E-state index contributed by atoms with van der Waals surface area (Å²) in [6.45, 7) is 4.79. The van der Waals surface area contributed by atoms with Crippen molar-refractivity contribution in [2.45, 2.75) is 32.7 Å². The van der Waals surface area contributed by atoms with Gasteiger partial charge < -0.3 is 15.8 Å². The first-order chi connectivity index (χ1) is 9.20. The van der Waals surface area contributed by atoms with Gasteiger partial charge in [-0.1, -0.05) is 0 Å². The first-order valence-corrected chi connectivity index (χ1v) is 6.89. The Kier molecular flexibility index (Phi) is 4.79. The van der Waals surface area contributed by atoms with Gasteiger partial charge in [0.2, 0.25) is 0 Å². The molecule has 3 N–H and O–H groups in total. The number of nitrogens with zero attached hydrogens (tertiary/aromatic N) is 2. The number of amides is 1. The smallest absolute Gasteiger partial charge is 0.273 e. The summed E-state index contributed by atoms with van der Waals surface area (Å²) in [5.41, 5.74) is 6.47. The zero-order chi connectivity index (χ0) is 13.7. The maximum Gasteiger partial charge on any atom is 0.273 e. The Balaban J connectivity index is 1.63. The lowest BCUT2D eigenvalue weighted by molar-refractivity contribution is 0.0932. The van der Waals surface area contributed by atoms with Crippen LogP contribution >= 0.6 is 0 Å². The first-order valence-electron chi connectivity index (χ1n) is 6.89. The summed E-state index contributed by atoms with van der Waals surface area (Å²) in [7, 11) is 0. The largest absolute Gasteiger partial charge is 0.396 e. The van der Waals surface area contributed by atoms with Crippen LogP contribution in [0.3, 0.4) is 0 Å². The van der Waals surface area contributed by atoms with Crippen LogP contribution in [-0.4, -0.2) is 35.4 Å². The van der Waals surface area contributed by atoms with E-state index in [1.165, 1.54) is 12.8 Å². The molecule has 0 saturated heterocycles. The number of nitrogen functional groups attached to an aromatic ring is 1. The fourth-order valence-corrected chi connectivity index (χ4v) is 1.77. The van der Waals surface area contributed by atoms with Crippen molar-refractivity contribution >= 4 is 11.6 Å². The molecule has 1 amide bonds. The summed E-state index contributed by atoms with van der Waals surface area (Å²) in [6.07, 6.45) is 5.09. The molecule has 1 saturated carbocycles. The number of nitrogens with one attached hydrogen (secondary N) is 1. The van der Waals surface area contributed by atoms with Gasteiger partial charge in [-0.3, -0.25) is 9.48 Å². The van der Waals surface area contributed by atoms with Crippen molar-refractivity contribution in [3.63, 3.8) is 0 Å². The highest BCUT2D eigenvalue weighted by Gasteiger charge is 2.20. The summed E-state index contributed by atoms with van der Waals surface area (Å²) in [4.78, 5) is 11.8. The molecule has 0 unspecified atom stereocenters. The van der Waals surface area contributed by atoms with E-state index in [0.717, 1.165) is 18.9 Å². The third-order valence-corrected chi connectivity index (χ3v) is 3.13. The summed E-state index contributed by atoms with van der Waals surface area (Å²) in [6, 6.07) is 0. The van der Waals surface area contributed by atoms with E-state index in [4.69, 9.17) is 10.5 Å². The number of aryl methyl sites for hydroxylation is 1. The minimum atomic E-state index is -0.216. The van der Waals surface area contributed by atoms with Crippen LogP contribution in [0.4, 0.5) is 5.69 Å². The molecule has 0 radical (unpaired) electrons. The van der Waals surface area contributed by atoms with Crippen molar-refractivity contribution in [1.29, 1.82) is 0 Å². The molecule has 1 aliphatic rings. The van der Waals surface area contributed by atoms with Gasteiger partial charge in [-0.2, -0.15) is 5.10 Å². The Labute approximate surface area is 113 Å². The van der Waals surface area contributed by atoms with Crippen LogP contribution in [0.15, 0.2) is 6.20 Å². The van der Waals surface area contributed by atoms with E-state index in [2.05, 4.69) is 10.4 Å². The standard InChI is InChI=1S/C13H22N4O2/c1-2-17-8-11(14)12(16-17)13(18)15-6-3-7-19-9-10-4-5-10/h8,10H,2-7,9,14H2,1H3,(H,15,18). The number of hydrogen-bond acceptors (Lipinski definition) is 4. The van der Waals surface area contributed by atoms with Gasteiger partial charge in [0.1, 0.15) is 0 Å². The number of rotatable bonds is 8. The summed E-state index contributed by atoms with van der Waals surface area (Å²) < 4.78 is 7.15. The molecule has 0 atom stereocenters. The number of nitrogens with two attached hydrogens (primary N) is 1. The third-order valence-electron chi connectivity index (χ3n) is 3.13. The fourth-order valence-electron chi connectivity index (χ4n) is 1.77. The first kappa shape index (κ1) is 13.9. The molecule has 106 valence electrons. The molecular formula is C13H22N4O2. The molecule has 0 bridgehead atoms. The second-order valence-corrected chi connectivity index (χ2v) is 4.92. The molecule has 2 rings (SSSR count). The van der Waals surface area contributed by atoms with Crippen LogP contribution in [0, 0.1) is 5.92 Å². The molecule has 19 heavy (non-hydrogen) atoms. The maximum atomic E-state index is 11.8. The maximum absolute atomic E-state index is 11.8. The van der Waals surface area contributed by atoms with Crippen molar-refractivity contribution < 1.29 is 9.53 Å². The number of carbonyl (C=O) groups is 1. The van der Waals surface area contributed by atoms with Crippen molar-refractivity contribution in [2.75, 3.05) is 25.5 Å². The zero-order valence-corrected chi connectivity index (χ0v) is 11.4. The Morgan fingerprint density at radius 1 is 1.63 bits per heavy atom. The second-order valence-electron chi connectivity index (χ2n) is 4.92. The van der Waals surface area contributed by atoms with Gasteiger partial charge in [-0.25, -0.2) is 0 Å². The number of hydrogen-bond donors (Lipinski definition) is 2. The zero-order valence-electron chi connectivity index (χ0n) is 11.4. The molecule has 0 aliphatic heterocycles. The highest BCUT2D eigenvalue weighted by Crippen LogP contribution is 2.28. The molecular weight excluding hydrogens is 244 g/mol. The van der Waals surface area contributed by atoms with E-state index in [-0.39, 0.29) is 5.91 Å². The van der Waals surface area contributed by atoms with E-state index in [0.29, 0.717) is 31.1 Å². The Morgan fingerprint density at radius 3 is 3.05 bits per heavy atom. The Bertz CT molecular complexity index is 426. The van der Waals surface area contributed by atoms with Crippen LogP contribution in [0.5, 0.6) is 0 Å². The van der Waals surface area contributed by atoms with Crippen LogP contribution in [0.1, 0.15) is 36.7 Å². The molecule has 0 spiro atoms. The molecule has 6 nitrogen and oxygen atoms in total. The Hall–Kier alpha value is -1.56. The van der Waals surface area contributed by atoms with Crippen LogP contribution < -0.4 is 11.1 Å². The van der Waals surface area contributed by atoms with Crippen molar-refractivity contribution in [3.05, 3.63) is 11.9 Å². The lowest BCUT2D eigenvalue weighted by Gasteiger charge is -2.05. The number of carbonyl (C=O) groups excluding carboxylic acids is 1. The summed E-state index contributed by atoms with van der Waals surface area (Å²) >= 11 is 0. The van der Waals surface area contributed by atoms with E-state index >= 15 is 0 Å². The third kappa shape index (κ3) is 4.24. The molecule has 1 fully saturated rings. The molecule has 1 aromatic heterocycles. The minimum absolute atomic E-state index is 0.216. The quantitative estimate of drug-likeness (QED) is 0.689. The summed E-state index contributed by atoms with van der Waals surface area (Å²) in [5.74, 6) is 0.569. The predicted octanol–water partition coefficient (Wildman–Crippen LogP) is 1.03. The highest BCUT2D eigenvalue weighted by atomic mass is 16.5. The van der Waals surface area contributed by atoms with Gasteiger partial charge in [-0.05, 0) is 32.1 Å². The number of ether oxygens (including phenoxy) is 1. The van der Waals surface area contributed by atoms with Crippen molar-refractivity contribution in [1.82, 2.24) is 15.1 Å². The van der Waals surface area contributed by atoms with Gasteiger partial charge in [0.25, 0.3) is 5.91 Å². The summed E-state index contributed by atoms with van der Waals surface area (Å²) in [5, 5.41) is 6.93. The lowest BCUT2D eigenvalue weighted by atomic mass is 10.3.